The molecule has 0 bridgehead atoms. The molecule has 2 aromatic carbocycles. The SMILES string of the molecule is CC(=O)O[C@]12CC[C@@H](NC(=O)Cc3ccc(Cl)c(Cl)c3)C[C@]1(c1cccc(O)c1)CCN(C)C2. The molecule has 1 amide bonds. The van der Waals surface area contributed by atoms with E-state index in [0.717, 1.165) is 24.1 Å². The fourth-order valence-corrected chi connectivity index (χ4v) is 6.15. The Hall–Kier alpha value is -2.28. The normalized spacial score (nSPS) is 27.0. The van der Waals surface area contributed by atoms with Crippen molar-refractivity contribution >= 4 is 35.1 Å². The molecule has 2 aromatic rings. The number of phenols is 1. The Balaban J connectivity index is 1.62. The lowest BCUT2D eigenvalue weighted by Gasteiger charge is -2.59. The standard InChI is InChI=1S/C26H30Cl2N2O4/c1-17(31)34-26-9-8-20(29-24(33)13-18-6-7-22(27)23(28)12-18)15-25(26,10-11-30(2)16-26)19-4-3-5-21(32)14-19/h3-7,12,14,20,32H,8-11,13,15-16H2,1-2H3,(H,29,33)/t20-,25+,26+/m1/s1. The molecule has 182 valence electrons. The molecule has 3 atom stereocenters. The molecule has 4 rings (SSSR count). The van der Waals surface area contributed by atoms with Gasteiger partial charge in [0.25, 0.3) is 0 Å². The number of likely N-dealkylation sites (tertiary alicyclic amines) is 1. The van der Waals surface area contributed by atoms with Crippen molar-refractivity contribution in [3.05, 3.63) is 63.6 Å². The van der Waals surface area contributed by atoms with Crippen LogP contribution >= 0.6 is 23.2 Å². The molecule has 1 aliphatic carbocycles. The van der Waals surface area contributed by atoms with Crippen LogP contribution in [0, 0.1) is 0 Å². The second-order valence-corrected chi connectivity index (χ2v) is 10.5. The van der Waals surface area contributed by atoms with E-state index < -0.39 is 11.0 Å². The topological polar surface area (TPSA) is 78.9 Å². The van der Waals surface area contributed by atoms with E-state index in [1.165, 1.54) is 6.92 Å². The smallest absolute Gasteiger partial charge is 0.303 e. The number of ether oxygens (including phenoxy) is 1. The molecule has 0 aromatic heterocycles. The summed E-state index contributed by atoms with van der Waals surface area (Å²) >= 11 is 12.1. The van der Waals surface area contributed by atoms with Gasteiger partial charge in [-0.2, -0.15) is 0 Å². The number of hydrogen-bond donors (Lipinski definition) is 2. The molecular formula is C26H30Cl2N2O4. The number of nitrogens with zero attached hydrogens (tertiary/aromatic N) is 1. The number of amides is 1. The number of piperidine rings is 1. The quantitative estimate of drug-likeness (QED) is 0.586. The van der Waals surface area contributed by atoms with E-state index in [9.17, 15) is 14.7 Å². The summed E-state index contributed by atoms with van der Waals surface area (Å²) in [6.07, 6.45) is 2.87. The first-order valence-corrected chi connectivity index (χ1v) is 12.3. The molecule has 34 heavy (non-hydrogen) atoms. The van der Waals surface area contributed by atoms with Crippen molar-refractivity contribution in [3.8, 4) is 5.75 Å². The summed E-state index contributed by atoms with van der Waals surface area (Å²) < 4.78 is 6.12. The molecule has 0 radical (unpaired) electrons. The Labute approximate surface area is 210 Å². The molecule has 0 unspecified atom stereocenters. The highest BCUT2D eigenvalue weighted by Crippen LogP contribution is 2.53. The molecule has 6 nitrogen and oxygen atoms in total. The van der Waals surface area contributed by atoms with Crippen molar-refractivity contribution in [2.75, 3.05) is 20.1 Å². The van der Waals surface area contributed by atoms with Crippen molar-refractivity contribution in [3.63, 3.8) is 0 Å². The molecule has 2 N–H and O–H groups in total. The Bertz CT molecular complexity index is 1090. The molecule has 1 saturated heterocycles. The summed E-state index contributed by atoms with van der Waals surface area (Å²) in [7, 11) is 2.03. The highest BCUT2D eigenvalue weighted by atomic mass is 35.5. The molecule has 1 aliphatic heterocycles. The number of nitrogens with one attached hydrogen (secondary N) is 1. The number of carbonyl (C=O) groups is 2. The first kappa shape index (κ1) is 24.8. The van der Waals surface area contributed by atoms with Crippen molar-refractivity contribution in [2.45, 2.75) is 56.1 Å². The lowest BCUT2D eigenvalue weighted by atomic mass is 9.55. The van der Waals surface area contributed by atoms with Gasteiger partial charge in [0.2, 0.25) is 5.91 Å². The van der Waals surface area contributed by atoms with Gasteiger partial charge in [0, 0.05) is 24.9 Å². The van der Waals surface area contributed by atoms with Crippen LogP contribution < -0.4 is 5.32 Å². The molecule has 2 aliphatic rings. The number of fused-ring (bicyclic) bond motifs is 1. The highest BCUT2D eigenvalue weighted by molar-refractivity contribution is 6.42. The third kappa shape index (κ3) is 4.90. The number of rotatable bonds is 5. The monoisotopic (exact) mass is 504 g/mol. The van der Waals surface area contributed by atoms with Crippen molar-refractivity contribution in [1.82, 2.24) is 10.2 Å². The van der Waals surface area contributed by atoms with Crippen molar-refractivity contribution < 1.29 is 19.4 Å². The number of benzene rings is 2. The summed E-state index contributed by atoms with van der Waals surface area (Å²) in [6.45, 7) is 2.87. The third-order valence-corrected chi connectivity index (χ3v) is 8.00. The van der Waals surface area contributed by atoms with Crippen LogP contribution in [-0.2, 0) is 26.2 Å². The van der Waals surface area contributed by atoms with Gasteiger partial charge in [-0.1, -0.05) is 41.4 Å². The zero-order valence-electron chi connectivity index (χ0n) is 19.4. The van der Waals surface area contributed by atoms with Crippen LogP contribution in [-0.4, -0.2) is 53.7 Å². The molecule has 0 spiro atoms. The number of hydrogen-bond acceptors (Lipinski definition) is 5. The van der Waals surface area contributed by atoms with Crippen molar-refractivity contribution in [1.29, 1.82) is 0 Å². The van der Waals surface area contributed by atoms with Gasteiger partial charge in [-0.15, -0.1) is 0 Å². The van der Waals surface area contributed by atoms with Gasteiger partial charge >= 0.3 is 5.97 Å². The van der Waals surface area contributed by atoms with Crippen LogP contribution in [0.4, 0.5) is 0 Å². The zero-order chi connectivity index (χ0) is 24.5. The number of aromatic hydroxyl groups is 1. The summed E-state index contributed by atoms with van der Waals surface area (Å²) in [5.74, 6) is -0.238. The Kier molecular flexibility index (Phi) is 7.13. The average Bonchev–Trinajstić information content (AvgIpc) is 2.76. The number of esters is 1. The fraction of sp³-hybridized carbons (Fsp3) is 0.462. The summed E-state index contributed by atoms with van der Waals surface area (Å²) in [6, 6.07) is 12.3. The van der Waals surface area contributed by atoms with Gasteiger partial charge in [-0.3, -0.25) is 9.59 Å². The molecule has 2 fully saturated rings. The van der Waals surface area contributed by atoms with E-state index >= 15 is 0 Å². The maximum atomic E-state index is 12.9. The zero-order valence-corrected chi connectivity index (χ0v) is 21.0. The first-order valence-electron chi connectivity index (χ1n) is 11.5. The number of phenolic OH excluding ortho intramolecular Hbond substituents is 1. The van der Waals surface area contributed by atoms with Gasteiger partial charge in [0.15, 0.2) is 0 Å². The van der Waals surface area contributed by atoms with Gasteiger partial charge in [0.1, 0.15) is 11.4 Å². The molecular weight excluding hydrogens is 475 g/mol. The van der Waals surface area contributed by atoms with Gasteiger partial charge in [0.05, 0.1) is 16.5 Å². The third-order valence-electron chi connectivity index (χ3n) is 7.26. The number of carbonyl (C=O) groups excluding carboxylic acids is 2. The van der Waals surface area contributed by atoms with Crippen LogP contribution in [0.15, 0.2) is 42.5 Å². The van der Waals surface area contributed by atoms with E-state index in [2.05, 4.69) is 10.2 Å². The van der Waals surface area contributed by atoms with Crippen LogP contribution in [0.1, 0.15) is 43.7 Å². The lowest BCUT2D eigenvalue weighted by Crippen LogP contribution is -2.68. The van der Waals surface area contributed by atoms with Crippen LogP contribution in [0.2, 0.25) is 10.0 Å². The molecule has 1 heterocycles. The average molecular weight is 505 g/mol. The second kappa shape index (κ2) is 9.76. The van der Waals surface area contributed by atoms with Crippen LogP contribution in [0.5, 0.6) is 5.75 Å². The Morgan fingerprint density at radius 3 is 2.68 bits per heavy atom. The summed E-state index contributed by atoms with van der Waals surface area (Å²) in [4.78, 5) is 27.4. The maximum absolute atomic E-state index is 12.9. The Morgan fingerprint density at radius 1 is 1.18 bits per heavy atom. The predicted molar refractivity (Wildman–Crippen MR) is 132 cm³/mol. The summed E-state index contributed by atoms with van der Waals surface area (Å²) in [5, 5.41) is 14.3. The van der Waals surface area contributed by atoms with E-state index in [1.54, 1.807) is 30.3 Å². The molecule has 1 saturated carbocycles. The Morgan fingerprint density at radius 2 is 1.97 bits per heavy atom. The van der Waals surface area contributed by atoms with E-state index in [0.29, 0.717) is 35.9 Å². The van der Waals surface area contributed by atoms with Gasteiger partial charge < -0.3 is 20.1 Å². The van der Waals surface area contributed by atoms with E-state index in [4.69, 9.17) is 27.9 Å². The van der Waals surface area contributed by atoms with Crippen molar-refractivity contribution in [2.24, 2.45) is 0 Å². The number of halogens is 2. The van der Waals surface area contributed by atoms with E-state index in [1.807, 2.05) is 19.2 Å². The maximum Gasteiger partial charge on any atom is 0.303 e. The minimum atomic E-state index is -0.732. The molecule has 8 heteroatoms. The predicted octanol–water partition coefficient (Wildman–Crippen LogP) is 4.49. The lowest BCUT2D eigenvalue weighted by molar-refractivity contribution is -0.185. The number of likely N-dealkylation sites (N-methyl/N-ethyl adjacent to an activating group) is 1. The second-order valence-electron chi connectivity index (χ2n) is 9.64. The minimum Gasteiger partial charge on any atom is -0.508 e. The largest absolute Gasteiger partial charge is 0.508 e. The van der Waals surface area contributed by atoms with Gasteiger partial charge in [-0.25, -0.2) is 0 Å². The van der Waals surface area contributed by atoms with Crippen LogP contribution in [0.25, 0.3) is 0 Å². The van der Waals surface area contributed by atoms with Crippen LogP contribution in [0.3, 0.4) is 0 Å². The van der Waals surface area contributed by atoms with E-state index in [-0.39, 0.29) is 30.1 Å². The van der Waals surface area contributed by atoms with Gasteiger partial charge in [-0.05, 0) is 74.7 Å². The highest BCUT2D eigenvalue weighted by Gasteiger charge is 2.60. The summed E-state index contributed by atoms with van der Waals surface area (Å²) in [5.41, 5.74) is 0.470. The first-order chi connectivity index (χ1) is 16.1. The minimum absolute atomic E-state index is 0.0929. The fourth-order valence-electron chi connectivity index (χ4n) is 5.83.